The summed E-state index contributed by atoms with van der Waals surface area (Å²) < 4.78 is 5.53. The smallest absolute Gasteiger partial charge is 0.408 e. The molecule has 5 rings (SSSR count). The van der Waals surface area contributed by atoms with Crippen molar-refractivity contribution in [1.82, 2.24) is 10.2 Å². The number of nitrogens with zero attached hydrogens (tertiary/aromatic N) is 2. The lowest BCUT2D eigenvalue weighted by atomic mass is 9.71. The number of amides is 1. The van der Waals surface area contributed by atoms with Crippen molar-refractivity contribution in [1.29, 1.82) is 0 Å². The van der Waals surface area contributed by atoms with E-state index < -0.39 is 5.60 Å². The number of fused-ring (bicyclic) bond motifs is 1. The molecule has 2 unspecified atom stereocenters. The molecule has 1 aliphatic carbocycles. The predicted octanol–water partition coefficient (Wildman–Crippen LogP) is 5.53. The summed E-state index contributed by atoms with van der Waals surface area (Å²) in [5.74, 6) is 0.863. The van der Waals surface area contributed by atoms with Crippen molar-refractivity contribution in [2.24, 2.45) is 4.99 Å². The van der Waals surface area contributed by atoms with Gasteiger partial charge in [0.25, 0.3) is 0 Å². The van der Waals surface area contributed by atoms with Gasteiger partial charge in [-0.25, -0.2) is 4.79 Å². The standard InChI is InChI=1S/C29H33N3O3/c1-28(2,3)35-27(34)31-29(15-7-16-29)23-12-10-21(11-13-23)25-26(22-8-5-4-6-9-22)32-17-14-20(19-33)18-24(32)30-25/h4-6,8-14,17-18,25-26,33H,7,15-16,19H2,1-3H3,(H,31,34). The van der Waals surface area contributed by atoms with Gasteiger partial charge in [-0.05, 0) is 74.4 Å². The molecule has 2 aromatic carbocycles. The molecule has 6 heteroatoms. The van der Waals surface area contributed by atoms with E-state index in [0.29, 0.717) is 0 Å². The molecule has 2 aromatic rings. The number of benzene rings is 2. The third-order valence-corrected chi connectivity index (χ3v) is 6.97. The summed E-state index contributed by atoms with van der Waals surface area (Å²) in [6.45, 7) is 5.62. The molecule has 2 N–H and O–H groups in total. The van der Waals surface area contributed by atoms with Crippen LogP contribution in [0.1, 0.15) is 68.8 Å². The van der Waals surface area contributed by atoms with Crippen LogP contribution in [0.2, 0.25) is 0 Å². The molecule has 0 bridgehead atoms. The van der Waals surface area contributed by atoms with Crippen LogP contribution in [0.5, 0.6) is 0 Å². The molecule has 0 aromatic heterocycles. The van der Waals surface area contributed by atoms with Crippen LogP contribution in [0.4, 0.5) is 4.79 Å². The maximum atomic E-state index is 12.5. The van der Waals surface area contributed by atoms with Crippen LogP contribution in [-0.4, -0.2) is 34.1 Å². The Morgan fingerprint density at radius 3 is 2.43 bits per heavy atom. The maximum absolute atomic E-state index is 12.5. The molecule has 2 aliphatic heterocycles. The predicted molar refractivity (Wildman–Crippen MR) is 137 cm³/mol. The van der Waals surface area contributed by atoms with E-state index in [0.717, 1.165) is 41.8 Å². The number of carbonyl (C=O) groups is 1. The summed E-state index contributed by atoms with van der Waals surface area (Å²) in [6, 6.07) is 18.9. The molecule has 3 aliphatic rings. The number of amidine groups is 1. The Labute approximate surface area is 207 Å². The Kier molecular flexibility index (Phi) is 6.01. The van der Waals surface area contributed by atoms with E-state index in [1.54, 1.807) is 0 Å². The SMILES string of the molecule is CC(C)(C)OC(=O)NC1(c2ccc(C3N=C4C=C(CO)C=CN4C3c3ccccc3)cc2)CCC1. The Balaban J connectivity index is 1.43. The monoisotopic (exact) mass is 471 g/mol. The van der Waals surface area contributed by atoms with Gasteiger partial charge in [0.1, 0.15) is 17.5 Å². The third kappa shape index (κ3) is 4.63. The molecule has 6 nitrogen and oxygen atoms in total. The fraction of sp³-hybridized carbons (Fsp3) is 0.379. The van der Waals surface area contributed by atoms with Crippen molar-refractivity contribution >= 4 is 11.9 Å². The van der Waals surface area contributed by atoms with E-state index >= 15 is 0 Å². The van der Waals surface area contributed by atoms with Crippen LogP contribution in [0.25, 0.3) is 0 Å². The highest BCUT2D eigenvalue weighted by molar-refractivity contribution is 5.97. The normalized spacial score (nSPS) is 22.6. The van der Waals surface area contributed by atoms with Gasteiger partial charge >= 0.3 is 6.09 Å². The minimum Gasteiger partial charge on any atom is -0.444 e. The van der Waals surface area contributed by atoms with Gasteiger partial charge in [0.05, 0.1) is 18.2 Å². The molecule has 2 heterocycles. The van der Waals surface area contributed by atoms with E-state index in [-0.39, 0.29) is 30.3 Å². The number of ether oxygens (including phenoxy) is 1. The van der Waals surface area contributed by atoms with Crippen LogP contribution in [0, 0.1) is 0 Å². The number of alkyl carbamates (subject to hydrolysis) is 1. The minimum absolute atomic E-state index is 0.00847. The summed E-state index contributed by atoms with van der Waals surface area (Å²) in [5.41, 5.74) is 3.35. The van der Waals surface area contributed by atoms with E-state index in [9.17, 15) is 9.90 Å². The second-order valence-corrected chi connectivity index (χ2v) is 10.6. The maximum Gasteiger partial charge on any atom is 0.408 e. The van der Waals surface area contributed by atoms with Crippen molar-refractivity contribution in [2.75, 3.05) is 6.61 Å². The molecule has 2 atom stereocenters. The first-order valence-electron chi connectivity index (χ1n) is 12.3. The molecule has 182 valence electrons. The van der Waals surface area contributed by atoms with Crippen molar-refractivity contribution in [3.8, 4) is 0 Å². The number of hydrogen-bond acceptors (Lipinski definition) is 5. The molecule has 35 heavy (non-hydrogen) atoms. The van der Waals surface area contributed by atoms with Crippen molar-refractivity contribution < 1.29 is 14.6 Å². The van der Waals surface area contributed by atoms with Crippen LogP contribution in [0.3, 0.4) is 0 Å². The molecular weight excluding hydrogens is 438 g/mol. The Hall–Kier alpha value is -3.38. The lowest BCUT2D eigenvalue weighted by Gasteiger charge is -2.43. The Morgan fingerprint density at radius 1 is 1.11 bits per heavy atom. The minimum atomic E-state index is -0.530. The average Bonchev–Trinajstić information content (AvgIpc) is 3.19. The lowest BCUT2D eigenvalue weighted by Crippen LogP contribution is -2.52. The van der Waals surface area contributed by atoms with Gasteiger partial charge in [-0.15, -0.1) is 0 Å². The third-order valence-electron chi connectivity index (χ3n) is 6.97. The second-order valence-electron chi connectivity index (χ2n) is 10.6. The summed E-state index contributed by atoms with van der Waals surface area (Å²) in [5, 5.41) is 12.7. The van der Waals surface area contributed by atoms with Crippen LogP contribution >= 0.6 is 0 Å². The van der Waals surface area contributed by atoms with Gasteiger partial charge in [0.15, 0.2) is 0 Å². The zero-order valence-corrected chi connectivity index (χ0v) is 20.6. The van der Waals surface area contributed by atoms with Gasteiger partial charge < -0.3 is 20.1 Å². The van der Waals surface area contributed by atoms with E-state index in [4.69, 9.17) is 9.73 Å². The molecule has 0 saturated heterocycles. The highest BCUT2D eigenvalue weighted by Gasteiger charge is 2.42. The van der Waals surface area contributed by atoms with Gasteiger partial charge in [-0.1, -0.05) is 54.6 Å². The number of nitrogens with one attached hydrogen (secondary N) is 1. The molecule has 1 fully saturated rings. The largest absolute Gasteiger partial charge is 0.444 e. The molecule has 0 radical (unpaired) electrons. The summed E-state index contributed by atoms with van der Waals surface area (Å²) >= 11 is 0. The second kappa shape index (κ2) is 9.00. The highest BCUT2D eigenvalue weighted by atomic mass is 16.6. The first kappa shape index (κ1) is 23.4. The Bertz CT molecular complexity index is 1170. The van der Waals surface area contributed by atoms with Crippen molar-refractivity contribution in [2.45, 2.75) is 63.3 Å². The van der Waals surface area contributed by atoms with E-state index in [1.165, 1.54) is 5.56 Å². The van der Waals surface area contributed by atoms with Gasteiger partial charge in [0, 0.05) is 6.20 Å². The van der Waals surface area contributed by atoms with Gasteiger partial charge in [0.2, 0.25) is 0 Å². The topological polar surface area (TPSA) is 74.2 Å². The quantitative estimate of drug-likeness (QED) is 0.601. The highest BCUT2D eigenvalue weighted by Crippen LogP contribution is 2.45. The lowest BCUT2D eigenvalue weighted by molar-refractivity contribution is 0.0377. The van der Waals surface area contributed by atoms with Crippen LogP contribution < -0.4 is 5.32 Å². The van der Waals surface area contributed by atoms with Crippen molar-refractivity contribution in [3.05, 3.63) is 95.2 Å². The van der Waals surface area contributed by atoms with E-state index in [1.807, 2.05) is 45.2 Å². The first-order valence-corrected chi connectivity index (χ1v) is 12.3. The number of aliphatic imine (C=N–C) groups is 1. The summed E-state index contributed by atoms with van der Waals surface area (Å²) in [6.07, 6.45) is 8.42. The zero-order valence-electron chi connectivity index (χ0n) is 20.6. The molecule has 1 amide bonds. The van der Waals surface area contributed by atoms with Crippen molar-refractivity contribution in [3.63, 3.8) is 0 Å². The summed E-state index contributed by atoms with van der Waals surface area (Å²) in [4.78, 5) is 19.8. The number of aliphatic hydroxyl groups excluding tert-OH is 1. The van der Waals surface area contributed by atoms with E-state index in [2.05, 4.69) is 58.7 Å². The van der Waals surface area contributed by atoms with Gasteiger partial charge in [-0.3, -0.25) is 4.99 Å². The molecular formula is C29H33N3O3. The van der Waals surface area contributed by atoms with Gasteiger partial charge in [-0.2, -0.15) is 0 Å². The number of carbonyl (C=O) groups excluding carboxylic acids is 1. The number of hydrogen-bond donors (Lipinski definition) is 2. The fourth-order valence-electron chi connectivity index (χ4n) is 5.11. The zero-order chi connectivity index (χ0) is 24.6. The Morgan fingerprint density at radius 2 is 1.83 bits per heavy atom. The first-order chi connectivity index (χ1) is 16.8. The molecule has 0 spiro atoms. The van der Waals surface area contributed by atoms with Crippen LogP contribution in [0.15, 0.2) is 83.5 Å². The number of rotatable bonds is 5. The average molecular weight is 472 g/mol. The fourth-order valence-corrected chi connectivity index (χ4v) is 5.11. The van der Waals surface area contributed by atoms with Crippen LogP contribution in [-0.2, 0) is 10.3 Å². The summed E-state index contributed by atoms with van der Waals surface area (Å²) in [7, 11) is 0. The molecule has 1 saturated carbocycles. The number of aliphatic hydroxyl groups is 1.